The van der Waals surface area contributed by atoms with Crippen molar-refractivity contribution in [2.45, 2.75) is 20.3 Å². The lowest BCUT2D eigenvalue weighted by atomic mass is 10.1. The van der Waals surface area contributed by atoms with E-state index in [4.69, 9.17) is 0 Å². The highest BCUT2D eigenvalue weighted by Crippen LogP contribution is 2.08. The van der Waals surface area contributed by atoms with Crippen LogP contribution in [0.3, 0.4) is 0 Å². The molecule has 16 heavy (non-hydrogen) atoms. The Balaban J connectivity index is 2.97. The number of nitrogens with zero attached hydrogens (tertiary/aromatic N) is 1. The number of aryl methyl sites for hydroxylation is 1. The maximum Gasteiger partial charge on any atom is 0.331 e. The molecule has 0 fully saturated rings. The zero-order chi connectivity index (χ0) is 12.0. The lowest BCUT2D eigenvalue weighted by molar-refractivity contribution is -0.140. The SMILES string of the molecule is C=CC/C(=N\OC(C)=O)c1cccc(C)c1. The van der Waals surface area contributed by atoms with E-state index in [0.717, 1.165) is 11.1 Å². The minimum atomic E-state index is -0.422. The van der Waals surface area contributed by atoms with E-state index in [9.17, 15) is 4.79 Å². The third-order valence-electron chi connectivity index (χ3n) is 1.97. The summed E-state index contributed by atoms with van der Waals surface area (Å²) < 4.78 is 0. The molecule has 0 saturated carbocycles. The van der Waals surface area contributed by atoms with Gasteiger partial charge in [0.25, 0.3) is 0 Å². The van der Waals surface area contributed by atoms with Crippen LogP contribution in [0.2, 0.25) is 0 Å². The zero-order valence-electron chi connectivity index (χ0n) is 9.56. The van der Waals surface area contributed by atoms with Crippen LogP contribution < -0.4 is 0 Å². The van der Waals surface area contributed by atoms with Gasteiger partial charge < -0.3 is 4.84 Å². The molecule has 0 aliphatic rings. The molecule has 0 heterocycles. The van der Waals surface area contributed by atoms with Crippen LogP contribution in [-0.2, 0) is 9.63 Å². The van der Waals surface area contributed by atoms with Gasteiger partial charge in [0.2, 0.25) is 0 Å². The van der Waals surface area contributed by atoms with Gasteiger partial charge in [-0.2, -0.15) is 0 Å². The molecule has 0 bridgehead atoms. The third kappa shape index (κ3) is 3.69. The molecule has 0 spiro atoms. The fourth-order valence-corrected chi connectivity index (χ4v) is 1.29. The standard InChI is InChI=1S/C13H15NO2/c1-4-6-13(14-16-11(3)15)12-8-5-7-10(2)9-12/h4-5,7-9H,1,6H2,2-3H3/b14-13+. The molecule has 0 radical (unpaired) electrons. The number of hydrogen-bond donors (Lipinski definition) is 0. The van der Waals surface area contributed by atoms with Gasteiger partial charge in [-0.05, 0) is 12.5 Å². The van der Waals surface area contributed by atoms with Crippen LogP contribution in [0.25, 0.3) is 0 Å². The first-order chi connectivity index (χ1) is 7.63. The largest absolute Gasteiger partial charge is 0.331 e. The van der Waals surface area contributed by atoms with Gasteiger partial charge in [0, 0.05) is 13.3 Å². The van der Waals surface area contributed by atoms with Crippen molar-refractivity contribution in [1.82, 2.24) is 0 Å². The third-order valence-corrected chi connectivity index (χ3v) is 1.97. The van der Waals surface area contributed by atoms with E-state index in [1.54, 1.807) is 6.08 Å². The second kappa shape index (κ2) is 5.85. The summed E-state index contributed by atoms with van der Waals surface area (Å²) >= 11 is 0. The fourth-order valence-electron chi connectivity index (χ4n) is 1.29. The molecule has 0 aliphatic heterocycles. The molecular formula is C13H15NO2. The summed E-state index contributed by atoms with van der Waals surface area (Å²) in [6.45, 7) is 6.98. The number of rotatable bonds is 4. The fraction of sp³-hybridized carbons (Fsp3) is 0.231. The van der Waals surface area contributed by atoms with Crippen molar-refractivity contribution in [2.75, 3.05) is 0 Å². The van der Waals surface area contributed by atoms with Crippen LogP contribution in [0.4, 0.5) is 0 Å². The Bertz CT molecular complexity index is 422. The molecule has 0 N–H and O–H groups in total. The summed E-state index contributed by atoms with van der Waals surface area (Å²) in [5.74, 6) is -0.422. The van der Waals surface area contributed by atoms with Crippen LogP contribution in [0, 0.1) is 6.92 Å². The molecule has 1 aromatic rings. The Kier molecular flexibility index (Phi) is 4.45. The van der Waals surface area contributed by atoms with Crippen LogP contribution in [0.1, 0.15) is 24.5 Å². The molecule has 0 aliphatic carbocycles. The average molecular weight is 217 g/mol. The van der Waals surface area contributed by atoms with Crippen LogP contribution in [0.15, 0.2) is 42.1 Å². The first-order valence-corrected chi connectivity index (χ1v) is 5.06. The van der Waals surface area contributed by atoms with Gasteiger partial charge >= 0.3 is 5.97 Å². The normalized spacial score (nSPS) is 11.0. The molecule has 1 aromatic carbocycles. The van der Waals surface area contributed by atoms with E-state index in [1.807, 2.05) is 31.2 Å². The maximum absolute atomic E-state index is 10.7. The van der Waals surface area contributed by atoms with Crippen molar-refractivity contribution in [3.8, 4) is 0 Å². The van der Waals surface area contributed by atoms with Crippen molar-refractivity contribution in [3.63, 3.8) is 0 Å². The smallest absolute Gasteiger partial charge is 0.318 e. The van der Waals surface area contributed by atoms with Crippen molar-refractivity contribution < 1.29 is 9.63 Å². The first kappa shape index (κ1) is 12.2. The van der Waals surface area contributed by atoms with Gasteiger partial charge in [-0.25, -0.2) is 4.79 Å². The van der Waals surface area contributed by atoms with Gasteiger partial charge in [0.15, 0.2) is 0 Å². The van der Waals surface area contributed by atoms with Gasteiger partial charge in [0.1, 0.15) is 0 Å². The molecule has 0 unspecified atom stereocenters. The number of hydrogen-bond acceptors (Lipinski definition) is 3. The number of carbonyl (C=O) groups excluding carboxylic acids is 1. The summed E-state index contributed by atoms with van der Waals surface area (Å²) in [6.07, 6.45) is 2.29. The summed E-state index contributed by atoms with van der Waals surface area (Å²) in [5.41, 5.74) is 2.78. The van der Waals surface area contributed by atoms with Crippen molar-refractivity contribution in [3.05, 3.63) is 48.0 Å². The second-order valence-corrected chi connectivity index (χ2v) is 3.48. The van der Waals surface area contributed by atoms with Crippen molar-refractivity contribution in [2.24, 2.45) is 5.16 Å². The Hall–Kier alpha value is -1.90. The van der Waals surface area contributed by atoms with Gasteiger partial charge in [-0.1, -0.05) is 41.1 Å². The molecule has 1 rings (SSSR count). The molecule has 0 aromatic heterocycles. The number of carbonyl (C=O) groups is 1. The topological polar surface area (TPSA) is 38.7 Å². The van der Waals surface area contributed by atoms with Gasteiger partial charge in [0.05, 0.1) is 5.71 Å². The zero-order valence-corrected chi connectivity index (χ0v) is 9.56. The lowest BCUT2D eigenvalue weighted by Crippen LogP contribution is -2.03. The highest BCUT2D eigenvalue weighted by molar-refractivity contribution is 6.01. The van der Waals surface area contributed by atoms with E-state index < -0.39 is 5.97 Å². The summed E-state index contributed by atoms with van der Waals surface area (Å²) in [6, 6.07) is 7.86. The highest BCUT2D eigenvalue weighted by Gasteiger charge is 2.03. The minimum absolute atomic E-state index is 0.422. The lowest BCUT2D eigenvalue weighted by Gasteiger charge is -2.04. The summed E-state index contributed by atoms with van der Waals surface area (Å²) in [5, 5.41) is 3.82. The van der Waals surface area contributed by atoms with Crippen LogP contribution >= 0.6 is 0 Å². The average Bonchev–Trinajstić information content (AvgIpc) is 2.24. The molecule has 3 heteroatoms. The Morgan fingerprint density at radius 1 is 1.56 bits per heavy atom. The number of allylic oxidation sites excluding steroid dienone is 1. The quantitative estimate of drug-likeness (QED) is 0.336. The predicted octanol–water partition coefficient (Wildman–Crippen LogP) is 2.84. The number of oxime groups is 1. The first-order valence-electron chi connectivity index (χ1n) is 5.06. The molecule has 0 saturated heterocycles. The minimum Gasteiger partial charge on any atom is -0.318 e. The molecule has 0 atom stereocenters. The maximum atomic E-state index is 10.7. The Labute approximate surface area is 95.4 Å². The van der Waals surface area contributed by atoms with E-state index >= 15 is 0 Å². The van der Waals surface area contributed by atoms with Crippen molar-refractivity contribution in [1.29, 1.82) is 0 Å². The van der Waals surface area contributed by atoms with Crippen molar-refractivity contribution >= 4 is 11.7 Å². The van der Waals surface area contributed by atoms with Gasteiger partial charge in [-0.15, -0.1) is 6.58 Å². The Morgan fingerprint density at radius 3 is 2.88 bits per heavy atom. The second-order valence-electron chi connectivity index (χ2n) is 3.48. The Morgan fingerprint density at radius 2 is 2.31 bits per heavy atom. The van der Waals surface area contributed by atoms with Gasteiger partial charge in [-0.3, -0.25) is 0 Å². The summed E-state index contributed by atoms with van der Waals surface area (Å²) in [4.78, 5) is 15.3. The molecule has 3 nitrogen and oxygen atoms in total. The molecule has 84 valence electrons. The monoisotopic (exact) mass is 217 g/mol. The van der Waals surface area contributed by atoms with E-state index in [-0.39, 0.29) is 0 Å². The van der Waals surface area contributed by atoms with Crippen LogP contribution in [0.5, 0.6) is 0 Å². The molecule has 0 amide bonds. The van der Waals surface area contributed by atoms with E-state index in [0.29, 0.717) is 12.1 Å². The van der Waals surface area contributed by atoms with E-state index in [2.05, 4.69) is 16.6 Å². The predicted molar refractivity (Wildman–Crippen MR) is 64.3 cm³/mol. The highest BCUT2D eigenvalue weighted by atomic mass is 16.7. The number of benzene rings is 1. The van der Waals surface area contributed by atoms with E-state index in [1.165, 1.54) is 6.92 Å². The summed E-state index contributed by atoms with van der Waals surface area (Å²) in [7, 11) is 0. The van der Waals surface area contributed by atoms with Crippen LogP contribution in [-0.4, -0.2) is 11.7 Å². The molecular weight excluding hydrogens is 202 g/mol.